The third-order valence-corrected chi connectivity index (χ3v) is 3.45. The summed E-state index contributed by atoms with van der Waals surface area (Å²) in [4.78, 5) is 19.8. The summed E-state index contributed by atoms with van der Waals surface area (Å²) in [5.41, 5.74) is 12.4. The number of alkyl halides is 3. The minimum Gasteiger partial charge on any atom is -0.368 e. The normalized spacial score (nSPS) is 12.5. The summed E-state index contributed by atoms with van der Waals surface area (Å²) in [6.45, 7) is 3.13. The average Bonchev–Trinajstić information content (AvgIpc) is 2.50. The van der Waals surface area contributed by atoms with Crippen LogP contribution in [-0.2, 0) is 0 Å². The molecule has 2 rings (SSSR count). The number of nitrogens with one attached hydrogen (secondary N) is 2. The highest BCUT2D eigenvalue weighted by molar-refractivity contribution is 5.99. The quantitative estimate of drug-likeness (QED) is 0.621. The number of pyridine rings is 2. The Morgan fingerprint density at radius 2 is 1.92 bits per heavy atom. The van der Waals surface area contributed by atoms with Gasteiger partial charge >= 0.3 is 6.18 Å². The van der Waals surface area contributed by atoms with Crippen LogP contribution in [0.1, 0.15) is 21.6 Å². The lowest BCUT2D eigenvalue weighted by molar-refractivity contribution is -0.144. The molecule has 10 heteroatoms. The fourth-order valence-electron chi connectivity index (χ4n) is 2.23. The van der Waals surface area contributed by atoms with Gasteiger partial charge in [-0.3, -0.25) is 4.79 Å². The van der Waals surface area contributed by atoms with Gasteiger partial charge in [0, 0.05) is 24.5 Å². The Kier molecular flexibility index (Phi) is 5.66. The lowest BCUT2D eigenvalue weighted by atomic mass is 10.2. The van der Waals surface area contributed by atoms with E-state index in [-0.39, 0.29) is 17.1 Å². The van der Waals surface area contributed by atoms with E-state index < -0.39 is 24.7 Å². The molecule has 1 atom stereocenters. The maximum absolute atomic E-state index is 12.5. The predicted molar refractivity (Wildman–Crippen MR) is 92.3 cm³/mol. The number of amides is 1. The number of aromatic nitrogens is 2. The molecular formula is C16H19F3N6O. The Morgan fingerprint density at radius 3 is 2.50 bits per heavy atom. The van der Waals surface area contributed by atoms with Gasteiger partial charge in [0.25, 0.3) is 5.91 Å². The first-order chi connectivity index (χ1) is 12.1. The lowest BCUT2D eigenvalue weighted by Gasteiger charge is -2.17. The molecule has 26 heavy (non-hydrogen) atoms. The number of carbonyl (C=O) groups is 1. The van der Waals surface area contributed by atoms with Crippen molar-refractivity contribution >= 4 is 23.2 Å². The monoisotopic (exact) mass is 368 g/mol. The fraction of sp³-hybridized carbons (Fsp3) is 0.312. The lowest BCUT2D eigenvalue weighted by Crippen LogP contribution is -2.42. The van der Waals surface area contributed by atoms with E-state index in [9.17, 15) is 18.0 Å². The van der Waals surface area contributed by atoms with Crippen molar-refractivity contribution in [2.24, 2.45) is 11.5 Å². The molecule has 7 nitrogen and oxygen atoms in total. The molecule has 0 fully saturated rings. The van der Waals surface area contributed by atoms with Gasteiger partial charge in [0.2, 0.25) is 0 Å². The summed E-state index contributed by atoms with van der Waals surface area (Å²) in [5, 5.41) is 5.45. The predicted octanol–water partition coefficient (Wildman–Crippen LogP) is 2.24. The first-order valence-corrected chi connectivity index (χ1v) is 7.64. The Morgan fingerprint density at radius 1 is 1.23 bits per heavy atom. The second-order valence-electron chi connectivity index (χ2n) is 5.80. The number of primary amides is 1. The van der Waals surface area contributed by atoms with Gasteiger partial charge in [0.1, 0.15) is 17.7 Å². The molecule has 6 N–H and O–H groups in total. The Labute approximate surface area is 148 Å². The van der Waals surface area contributed by atoms with E-state index in [0.29, 0.717) is 5.82 Å². The van der Waals surface area contributed by atoms with Gasteiger partial charge in [-0.2, -0.15) is 13.2 Å². The number of rotatable bonds is 6. The maximum Gasteiger partial charge on any atom is 0.405 e. The van der Waals surface area contributed by atoms with Crippen molar-refractivity contribution in [1.82, 2.24) is 9.97 Å². The number of aryl methyl sites for hydroxylation is 2. The molecule has 0 aliphatic heterocycles. The number of halogens is 3. The molecule has 1 unspecified atom stereocenters. The molecule has 2 aromatic heterocycles. The van der Waals surface area contributed by atoms with Crippen LogP contribution in [0.3, 0.4) is 0 Å². The molecule has 0 aromatic carbocycles. The minimum absolute atomic E-state index is 0.0802. The first-order valence-electron chi connectivity index (χ1n) is 7.64. The second-order valence-corrected chi connectivity index (χ2v) is 5.80. The molecular weight excluding hydrogens is 349 g/mol. The molecule has 0 saturated heterocycles. The minimum atomic E-state index is -4.52. The van der Waals surface area contributed by atoms with Crippen LogP contribution in [0, 0.1) is 13.8 Å². The van der Waals surface area contributed by atoms with Crippen LogP contribution < -0.4 is 22.1 Å². The van der Waals surface area contributed by atoms with Gasteiger partial charge in [-0.25, -0.2) is 9.97 Å². The van der Waals surface area contributed by atoms with E-state index in [0.717, 1.165) is 11.3 Å². The summed E-state index contributed by atoms with van der Waals surface area (Å²) in [5.74, 6) is -0.154. The van der Waals surface area contributed by atoms with Gasteiger partial charge in [-0.1, -0.05) is 0 Å². The highest BCUT2D eigenvalue weighted by Crippen LogP contribution is 2.24. The van der Waals surface area contributed by atoms with E-state index in [4.69, 9.17) is 11.5 Å². The molecule has 0 saturated carbocycles. The van der Waals surface area contributed by atoms with Crippen LogP contribution in [0.2, 0.25) is 0 Å². The van der Waals surface area contributed by atoms with Crippen molar-refractivity contribution in [3.05, 3.63) is 41.2 Å². The van der Waals surface area contributed by atoms with Crippen molar-refractivity contribution in [3.63, 3.8) is 0 Å². The van der Waals surface area contributed by atoms with Gasteiger partial charge < -0.3 is 22.1 Å². The summed E-state index contributed by atoms with van der Waals surface area (Å²) in [6, 6.07) is 2.96. The van der Waals surface area contributed by atoms with E-state index in [2.05, 4.69) is 20.6 Å². The van der Waals surface area contributed by atoms with Crippen molar-refractivity contribution in [2.45, 2.75) is 26.1 Å². The molecule has 1 amide bonds. The first kappa shape index (κ1) is 19.4. The smallest absolute Gasteiger partial charge is 0.368 e. The second kappa shape index (κ2) is 7.56. The molecule has 140 valence electrons. The van der Waals surface area contributed by atoms with Gasteiger partial charge in [-0.15, -0.1) is 0 Å². The summed E-state index contributed by atoms with van der Waals surface area (Å²) >= 11 is 0. The van der Waals surface area contributed by atoms with Crippen LogP contribution in [0.5, 0.6) is 0 Å². The van der Waals surface area contributed by atoms with Gasteiger partial charge in [0.15, 0.2) is 0 Å². The number of nitrogens with two attached hydrogens (primary N) is 2. The zero-order valence-corrected chi connectivity index (χ0v) is 14.2. The molecule has 2 heterocycles. The third kappa shape index (κ3) is 5.06. The fourth-order valence-corrected chi connectivity index (χ4v) is 2.23. The topological polar surface area (TPSA) is 119 Å². The molecule has 2 aromatic rings. The van der Waals surface area contributed by atoms with E-state index in [1.54, 1.807) is 6.07 Å². The van der Waals surface area contributed by atoms with Crippen LogP contribution in [-0.4, -0.2) is 34.6 Å². The summed E-state index contributed by atoms with van der Waals surface area (Å²) < 4.78 is 37.5. The summed E-state index contributed by atoms with van der Waals surface area (Å²) in [7, 11) is 0. The third-order valence-electron chi connectivity index (χ3n) is 3.45. The van der Waals surface area contributed by atoms with Crippen LogP contribution in [0.4, 0.5) is 30.5 Å². The van der Waals surface area contributed by atoms with Gasteiger partial charge in [-0.05, 0) is 31.5 Å². The highest BCUT2D eigenvalue weighted by atomic mass is 19.4. The molecule has 0 bridgehead atoms. The van der Waals surface area contributed by atoms with E-state index >= 15 is 0 Å². The van der Waals surface area contributed by atoms with E-state index in [1.165, 1.54) is 12.3 Å². The zero-order chi connectivity index (χ0) is 19.5. The molecule has 0 aliphatic rings. The highest BCUT2D eigenvalue weighted by Gasteiger charge is 2.36. The molecule has 0 spiro atoms. The number of nitrogens with zero attached hydrogens (tertiary/aromatic N) is 2. The Balaban J connectivity index is 2.26. The van der Waals surface area contributed by atoms with E-state index in [1.807, 2.05) is 19.9 Å². The number of hydrogen-bond donors (Lipinski definition) is 4. The van der Waals surface area contributed by atoms with Crippen LogP contribution in [0.15, 0.2) is 24.4 Å². The number of anilines is 3. The molecule has 0 aliphatic carbocycles. The van der Waals surface area contributed by atoms with Crippen LogP contribution in [0.25, 0.3) is 0 Å². The number of hydrogen-bond acceptors (Lipinski definition) is 6. The van der Waals surface area contributed by atoms with Crippen LogP contribution >= 0.6 is 0 Å². The largest absolute Gasteiger partial charge is 0.405 e. The van der Waals surface area contributed by atoms with Crippen molar-refractivity contribution in [1.29, 1.82) is 0 Å². The van der Waals surface area contributed by atoms with Gasteiger partial charge in [0.05, 0.1) is 11.3 Å². The number of carbonyl (C=O) groups excluding carboxylic acids is 1. The maximum atomic E-state index is 12.5. The average molecular weight is 368 g/mol. The standard InChI is InChI=1S/C16H19F3N6O/c1-8-3-9(2)24-14(4-8)25-11-5-13(22-6-10(11)15(21)26)23-7-12(20)16(17,18)19/h3-6,12H,7,20H2,1-2H3,(H2,21,26)(H2,22,23,24,25). The molecule has 0 radical (unpaired) electrons. The SMILES string of the molecule is Cc1cc(C)nc(Nc2cc(NCC(N)C(F)(F)F)ncc2C(N)=O)c1. The zero-order valence-electron chi connectivity index (χ0n) is 14.2. The Bertz CT molecular complexity index is 789. The van der Waals surface area contributed by atoms with Crippen molar-refractivity contribution in [2.75, 3.05) is 17.2 Å². The Hall–Kier alpha value is -2.88. The van der Waals surface area contributed by atoms with Crippen molar-refractivity contribution in [3.8, 4) is 0 Å². The van der Waals surface area contributed by atoms with Crippen molar-refractivity contribution < 1.29 is 18.0 Å². The summed E-state index contributed by atoms with van der Waals surface area (Å²) in [6.07, 6.45) is -3.35.